The Morgan fingerprint density at radius 2 is 2.29 bits per heavy atom. The molecular formula is C12H14BrNO3. The number of fused-ring (bicyclic) bond motifs is 1. The molecule has 1 aromatic rings. The summed E-state index contributed by atoms with van der Waals surface area (Å²) in [6, 6.07) is 5.65. The highest BCUT2D eigenvalue weighted by atomic mass is 79.9. The molecule has 1 aliphatic heterocycles. The molecule has 0 radical (unpaired) electrons. The average Bonchev–Trinajstić information content (AvgIpc) is 2.28. The molecule has 5 heteroatoms. The lowest BCUT2D eigenvalue weighted by molar-refractivity contribution is 0.0147. The number of carbonyl (C=O) groups excluding carboxylic acids is 1. The molecule has 0 aliphatic carbocycles. The van der Waals surface area contributed by atoms with E-state index in [0.717, 1.165) is 15.7 Å². The number of carbonyl (C=O) groups is 1. The topological polar surface area (TPSA) is 58.6 Å². The Bertz CT molecular complexity index is 449. The number of cyclic esters (lactones) is 1. The van der Waals surface area contributed by atoms with E-state index < -0.39 is 11.7 Å². The van der Waals surface area contributed by atoms with E-state index in [1.807, 2.05) is 25.1 Å². The Morgan fingerprint density at radius 1 is 1.53 bits per heavy atom. The maximum Gasteiger partial charge on any atom is 0.412 e. The summed E-state index contributed by atoms with van der Waals surface area (Å²) >= 11 is 3.41. The van der Waals surface area contributed by atoms with Crippen molar-refractivity contribution in [3.63, 3.8) is 0 Å². The highest BCUT2D eigenvalue weighted by Gasteiger charge is 2.37. The fourth-order valence-electron chi connectivity index (χ4n) is 2.06. The largest absolute Gasteiger partial charge is 0.438 e. The van der Waals surface area contributed by atoms with Gasteiger partial charge in [0.25, 0.3) is 0 Å². The lowest BCUT2D eigenvalue weighted by atomic mass is 9.88. The van der Waals surface area contributed by atoms with E-state index in [9.17, 15) is 4.79 Å². The molecule has 0 aromatic heterocycles. The zero-order valence-corrected chi connectivity index (χ0v) is 11.1. The zero-order valence-electron chi connectivity index (χ0n) is 9.50. The Morgan fingerprint density at radius 3 is 3.00 bits per heavy atom. The van der Waals surface area contributed by atoms with E-state index in [0.29, 0.717) is 12.8 Å². The molecule has 1 amide bonds. The van der Waals surface area contributed by atoms with Crippen LogP contribution < -0.4 is 5.32 Å². The van der Waals surface area contributed by atoms with Crippen molar-refractivity contribution in [2.75, 3.05) is 11.9 Å². The molecular weight excluding hydrogens is 286 g/mol. The molecule has 1 heterocycles. The first kappa shape index (κ1) is 12.4. The van der Waals surface area contributed by atoms with Gasteiger partial charge in [-0.25, -0.2) is 4.79 Å². The van der Waals surface area contributed by atoms with Crippen molar-refractivity contribution in [2.24, 2.45) is 0 Å². The van der Waals surface area contributed by atoms with E-state index in [2.05, 4.69) is 21.2 Å². The molecule has 0 saturated carbocycles. The normalized spacial score (nSPS) is 22.6. The second-order valence-electron chi connectivity index (χ2n) is 4.26. The van der Waals surface area contributed by atoms with Crippen LogP contribution in [-0.4, -0.2) is 17.8 Å². The standard InChI is InChI=1S/C12H14BrNO3/c1-12(5-2-6-15)9-7-8(13)3-4-10(9)14-11(16)17-12/h3-4,7,15H,2,5-6H2,1H3,(H,14,16). The molecule has 4 nitrogen and oxygen atoms in total. The predicted molar refractivity (Wildman–Crippen MR) is 67.9 cm³/mol. The van der Waals surface area contributed by atoms with Crippen LogP contribution in [0.1, 0.15) is 25.3 Å². The van der Waals surface area contributed by atoms with Crippen molar-refractivity contribution in [2.45, 2.75) is 25.4 Å². The van der Waals surface area contributed by atoms with Crippen LogP contribution in [0.3, 0.4) is 0 Å². The smallest absolute Gasteiger partial charge is 0.412 e. The molecule has 92 valence electrons. The first-order valence-corrected chi connectivity index (χ1v) is 6.25. The molecule has 2 rings (SSSR count). The maximum atomic E-state index is 11.5. The van der Waals surface area contributed by atoms with Crippen LogP contribution in [0.2, 0.25) is 0 Å². The molecule has 0 bridgehead atoms. The summed E-state index contributed by atoms with van der Waals surface area (Å²) < 4.78 is 6.31. The van der Waals surface area contributed by atoms with Gasteiger partial charge in [-0.1, -0.05) is 15.9 Å². The van der Waals surface area contributed by atoms with Gasteiger partial charge in [-0.15, -0.1) is 0 Å². The number of amides is 1. The summed E-state index contributed by atoms with van der Waals surface area (Å²) in [5, 5.41) is 11.6. The number of anilines is 1. The molecule has 0 spiro atoms. The van der Waals surface area contributed by atoms with Gasteiger partial charge < -0.3 is 9.84 Å². The van der Waals surface area contributed by atoms with Crippen molar-refractivity contribution < 1.29 is 14.6 Å². The highest BCUT2D eigenvalue weighted by Crippen LogP contribution is 2.40. The number of aliphatic hydroxyl groups excluding tert-OH is 1. The van der Waals surface area contributed by atoms with Gasteiger partial charge in [-0.3, -0.25) is 5.32 Å². The lowest BCUT2D eigenvalue weighted by Gasteiger charge is -2.35. The predicted octanol–water partition coefficient (Wildman–Crippen LogP) is 3.00. The molecule has 1 aliphatic rings. The minimum absolute atomic E-state index is 0.0872. The minimum atomic E-state index is -0.676. The Balaban J connectivity index is 2.41. The molecule has 1 unspecified atom stereocenters. The summed E-state index contributed by atoms with van der Waals surface area (Å²) in [4.78, 5) is 11.5. The number of nitrogens with one attached hydrogen (secondary N) is 1. The second-order valence-corrected chi connectivity index (χ2v) is 5.18. The summed E-state index contributed by atoms with van der Waals surface area (Å²) in [5.74, 6) is 0. The number of hydrogen-bond donors (Lipinski definition) is 2. The van der Waals surface area contributed by atoms with Gasteiger partial charge in [0, 0.05) is 16.6 Å². The zero-order chi connectivity index (χ0) is 12.5. The van der Waals surface area contributed by atoms with Gasteiger partial charge >= 0.3 is 6.09 Å². The van der Waals surface area contributed by atoms with Gasteiger partial charge in [0.15, 0.2) is 0 Å². The average molecular weight is 300 g/mol. The SMILES string of the molecule is CC1(CCCO)OC(=O)Nc2ccc(Br)cc21. The van der Waals surface area contributed by atoms with Gasteiger partial charge in [0.1, 0.15) is 5.60 Å². The molecule has 1 aromatic carbocycles. The van der Waals surface area contributed by atoms with E-state index in [4.69, 9.17) is 9.84 Å². The van der Waals surface area contributed by atoms with E-state index in [-0.39, 0.29) is 6.61 Å². The van der Waals surface area contributed by atoms with Gasteiger partial charge in [0.2, 0.25) is 0 Å². The maximum absolute atomic E-state index is 11.5. The first-order valence-electron chi connectivity index (χ1n) is 5.46. The van der Waals surface area contributed by atoms with E-state index in [1.54, 1.807) is 0 Å². The molecule has 0 fully saturated rings. The van der Waals surface area contributed by atoms with Crippen LogP contribution in [0.4, 0.5) is 10.5 Å². The van der Waals surface area contributed by atoms with E-state index >= 15 is 0 Å². The van der Waals surface area contributed by atoms with Crippen molar-refractivity contribution in [1.82, 2.24) is 0 Å². The van der Waals surface area contributed by atoms with Crippen molar-refractivity contribution in [1.29, 1.82) is 0 Å². The summed E-state index contributed by atoms with van der Waals surface area (Å²) in [6.45, 7) is 1.95. The van der Waals surface area contributed by atoms with Crippen molar-refractivity contribution in [3.05, 3.63) is 28.2 Å². The molecule has 17 heavy (non-hydrogen) atoms. The monoisotopic (exact) mass is 299 g/mol. The molecule has 1 atom stereocenters. The Hall–Kier alpha value is -1.07. The van der Waals surface area contributed by atoms with Crippen LogP contribution in [-0.2, 0) is 10.3 Å². The quantitative estimate of drug-likeness (QED) is 0.902. The number of benzene rings is 1. The summed E-state index contributed by atoms with van der Waals surface area (Å²) in [6.07, 6.45) is 0.746. The van der Waals surface area contributed by atoms with E-state index in [1.165, 1.54) is 0 Å². The molecule has 0 saturated heterocycles. The number of hydrogen-bond acceptors (Lipinski definition) is 3. The first-order chi connectivity index (χ1) is 8.05. The van der Waals surface area contributed by atoms with Crippen LogP contribution in [0.25, 0.3) is 0 Å². The highest BCUT2D eigenvalue weighted by molar-refractivity contribution is 9.10. The van der Waals surface area contributed by atoms with Crippen molar-refractivity contribution >= 4 is 27.7 Å². The number of ether oxygens (including phenoxy) is 1. The number of aliphatic hydroxyl groups is 1. The fraction of sp³-hybridized carbons (Fsp3) is 0.417. The van der Waals surface area contributed by atoms with Gasteiger partial charge in [-0.05, 0) is 38.0 Å². The summed E-state index contributed by atoms with van der Waals surface area (Å²) in [7, 11) is 0. The van der Waals surface area contributed by atoms with Crippen LogP contribution >= 0.6 is 15.9 Å². The molecule has 2 N–H and O–H groups in total. The number of halogens is 1. The Kier molecular flexibility index (Phi) is 3.40. The fourth-order valence-corrected chi connectivity index (χ4v) is 2.42. The third-order valence-electron chi connectivity index (χ3n) is 2.92. The Labute approximate surface area is 108 Å². The second kappa shape index (κ2) is 4.66. The van der Waals surface area contributed by atoms with Crippen molar-refractivity contribution in [3.8, 4) is 0 Å². The minimum Gasteiger partial charge on any atom is -0.438 e. The number of rotatable bonds is 3. The third kappa shape index (κ3) is 2.45. The van der Waals surface area contributed by atoms with Crippen LogP contribution in [0.15, 0.2) is 22.7 Å². The summed E-state index contributed by atoms with van der Waals surface area (Å²) in [5.41, 5.74) is 1.02. The third-order valence-corrected chi connectivity index (χ3v) is 3.41. The van der Waals surface area contributed by atoms with Crippen LogP contribution in [0.5, 0.6) is 0 Å². The van der Waals surface area contributed by atoms with Gasteiger partial charge in [0.05, 0.1) is 5.69 Å². The van der Waals surface area contributed by atoms with Crippen LogP contribution in [0, 0.1) is 0 Å². The van der Waals surface area contributed by atoms with Gasteiger partial charge in [-0.2, -0.15) is 0 Å². The lowest BCUT2D eigenvalue weighted by Crippen LogP contribution is -2.37.